The Bertz CT molecular complexity index is 281. The fourth-order valence-corrected chi connectivity index (χ4v) is 3.46. The van der Waals surface area contributed by atoms with Crippen LogP contribution in [-0.2, 0) is 0 Å². The van der Waals surface area contributed by atoms with Crippen LogP contribution in [0.15, 0.2) is 10.4 Å². The van der Waals surface area contributed by atoms with Gasteiger partial charge in [0.2, 0.25) is 0 Å². The molecule has 1 aliphatic heterocycles. The molecular formula is C9H15N3S2. The van der Waals surface area contributed by atoms with Gasteiger partial charge in [0.15, 0.2) is 5.13 Å². The first-order valence-corrected chi connectivity index (χ1v) is 6.71. The van der Waals surface area contributed by atoms with Gasteiger partial charge in [-0.3, -0.25) is 0 Å². The SMILES string of the molecule is Nc1ncc(SCCN2CCCC2)s1. The van der Waals surface area contributed by atoms with E-state index in [2.05, 4.69) is 9.88 Å². The molecule has 1 fully saturated rings. The van der Waals surface area contributed by atoms with Crippen LogP contribution in [0, 0.1) is 0 Å². The number of thiazole rings is 1. The number of nitrogens with two attached hydrogens (primary N) is 1. The Morgan fingerprint density at radius 3 is 2.93 bits per heavy atom. The van der Waals surface area contributed by atoms with Gasteiger partial charge in [0.25, 0.3) is 0 Å². The van der Waals surface area contributed by atoms with Crippen molar-refractivity contribution in [3.05, 3.63) is 6.20 Å². The van der Waals surface area contributed by atoms with E-state index < -0.39 is 0 Å². The van der Waals surface area contributed by atoms with Gasteiger partial charge in [-0.25, -0.2) is 4.98 Å². The number of thioether (sulfide) groups is 1. The van der Waals surface area contributed by atoms with Gasteiger partial charge in [-0.05, 0) is 25.9 Å². The summed E-state index contributed by atoms with van der Waals surface area (Å²) < 4.78 is 1.24. The van der Waals surface area contributed by atoms with E-state index in [4.69, 9.17) is 5.73 Å². The summed E-state index contributed by atoms with van der Waals surface area (Å²) in [5.74, 6) is 1.15. The number of nitrogens with zero attached hydrogens (tertiary/aromatic N) is 2. The van der Waals surface area contributed by atoms with E-state index in [-0.39, 0.29) is 0 Å². The van der Waals surface area contributed by atoms with E-state index in [9.17, 15) is 0 Å². The van der Waals surface area contributed by atoms with Crippen molar-refractivity contribution in [3.63, 3.8) is 0 Å². The molecule has 1 aromatic rings. The van der Waals surface area contributed by atoms with Crippen molar-refractivity contribution in [3.8, 4) is 0 Å². The lowest BCUT2D eigenvalue weighted by Gasteiger charge is -2.12. The molecule has 0 bridgehead atoms. The first-order valence-electron chi connectivity index (χ1n) is 4.91. The molecule has 0 spiro atoms. The highest BCUT2D eigenvalue weighted by Crippen LogP contribution is 2.26. The molecule has 78 valence electrons. The van der Waals surface area contributed by atoms with Gasteiger partial charge in [-0.1, -0.05) is 11.3 Å². The molecule has 0 aromatic carbocycles. The van der Waals surface area contributed by atoms with Crippen LogP contribution in [0.1, 0.15) is 12.8 Å². The van der Waals surface area contributed by atoms with E-state index in [1.54, 1.807) is 11.3 Å². The monoisotopic (exact) mass is 229 g/mol. The van der Waals surface area contributed by atoms with Crippen LogP contribution in [0.2, 0.25) is 0 Å². The Morgan fingerprint density at radius 1 is 1.50 bits per heavy atom. The van der Waals surface area contributed by atoms with Gasteiger partial charge in [0, 0.05) is 12.3 Å². The highest BCUT2D eigenvalue weighted by molar-refractivity contribution is 8.01. The third-order valence-electron chi connectivity index (χ3n) is 2.35. The topological polar surface area (TPSA) is 42.1 Å². The maximum absolute atomic E-state index is 5.56. The van der Waals surface area contributed by atoms with Crippen molar-refractivity contribution in [1.29, 1.82) is 0 Å². The highest BCUT2D eigenvalue weighted by Gasteiger charge is 2.10. The molecule has 0 radical (unpaired) electrons. The zero-order chi connectivity index (χ0) is 9.80. The minimum absolute atomic E-state index is 0.675. The lowest BCUT2D eigenvalue weighted by Crippen LogP contribution is -2.21. The molecule has 1 aliphatic rings. The molecule has 0 aliphatic carbocycles. The Morgan fingerprint density at radius 2 is 2.29 bits per heavy atom. The van der Waals surface area contributed by atoms with Crippen molar-refractivity contribution in [2.75, 3.05) is 31.1 Å². The van der Waals surface area contributed by atoms with Crippen LogP contribution in [0.3, 0.4) is 0 Å². The summed E-state index contributed by atoms with van der Waals surface area (Å²) in [6.45, 7) is 3.76. The standard InChI is InChI=1S/C9H15N3S2/c10-9-11-7-8(14-9)13-6-5-12-3-1-2-4-12/h7H,1-6H2,(H2,10,11). The van der Waals surface area contributed by atoms with Crippen molar-refractivity contribution in [1.82, 2.24) is 9.88 Å². The minimum atomic E-state index is 0.675. The van der Waals surface area contributed by atoms with Crippen LogP contribution >= 0.6 is 23.1 Å². The predicted octanol–water partition coefficient (Wildman–Crippen LogP) is 1.91. The summed E-state index contributed by atoms with van der Waals surface area (Å²) in [7, 11) is 0. The second kappa shape index (κ2) is 5.00. The number of rotatable bonds is 4. The van der Waals surface area contributed by atoms with E-state index in [1.807, 2.05) is 18.0 Å². The van der Waals surface area contributed by atoms with Gasteiger partial charge in [-0.15, -0.1) is 11.8 Å². The molecule has 5 heteroatoms. The minimum Gasteiger partial charge on any atom is -0.375 e. The second-order valence-corrected chi connectivity index (χ2v) is 5.87. The van der Waals surface area contributed by atoms with Gasteiger partial charge < -0.3 is 10.6 Å². The number of hydrogen-bond acceptors (Lipinski definition) is 5. The fourth-order valence-electron chi connectivity index (χ4n) is 1.62. The van der Waals surface area contributed by atoms with Crippen LogP contribution in [0.5, 0.6) is 0 Å². The lowest BCUT2D eigenvalue weighted by atomic mass is 10.4. The predicted molar refractivity (Wildman–Crippen MR) is 62.9 cm³/mol. The summed E-state index contributed by atoms with van der Waals surface area (Å²) in [5, 5.41) is 0.675. The number of likely N-dealkylation sites (tertiary alicyclic amines) is 1. The highest BCUT2D eigenvalue weighted by atomic mass is 32.2. The van der Waals surface area contributed by atoms with Crippen LogP contribution in [0.4, 0.5) is 5.13 Å². The summed E-state index contributed by atoms with van der Waals surface area (Å²) >= 11 is 3.44. The van der Waals surface area contributed by atoms with Crippen molar-refractivity contribution < 1.29 is 0 Å². The summed E-state index contributed by atoms with van der Waals surface area (Å²) in [5.41, 5.74) is 5.56. The lowest BCUT2D eigenvalue weighted by molar-refractivity contribution is 0.362. The van der Waals surface area contributed by atoms with Gasteiger partial charge in [0.05, 0.1) is 10.4 Å². The quantitative estimate of drug-likeness (QED) is 0.801. The van der Waals surface area contributed by atoms with Crippen molar-refractivity contribution >= 4 is 28.2 Å². The molecule has 1 aromatic heterocycles. The van der Waals surface area contributed by atoms with Crippen LogP contribution < -0.4 is 5.73 Å². The van der Waals surface area contributed by atoms with Gasteiger partial charge >= 0.3 is 0 Å². The second-order valence-electron chi connectivity index (χ2n) is 3.41. The third kappa shape index (κ3) is 2.87. The average Bonchev–Trinajstić information content (AvgIpc) is 2.77. The molecular weight excluding hydrogens is 214 g/mol. The Kier molecular flexibility index (Phi) is 3.67. The number of anilines is 1. The number of nitrogen functional groups attached to an aromatic ring is 1. The summed E-state index contributed by atoms with van der Waals surface area (Å²) in [6.07, 6.45) is 4.62. The number of aromatic nitrogens is 1. The van der Waals surface area contributed by atoms with E-state index in [1.165, 1.54) is 36.7 Å². The molecule has 2 N–H and O–H groups in total. The van der Waals surface area contributed by atoms with E-state index >= 15 is 0 Å². The number of hydrogen-bond donors (Lipinski definition) is 1. The first-order chi connectivity index (χ1) is 6.84. The summed E-state index contributed by atoms with van der Waals surface area (Å²) in [4.78, 5) is 6.55. The van der Waals surface area contributed by atoms with Crippen LogP contribution in [-0.4, -0.2) is 35.3 Å². The van der Waals surface area contributed by atoms with Crippen molar-refractivity contribution in [2.45, 2.75) is 17.1 Å². The molecule has 2 rings (SSSR count). The average molecular weight is 229 g/mol. The maximum atomic E-state index is 5.56. The van der Waals surface area contributed by atoms with Gasteiger partial charge in [0.1, 0.15) is 0 Å². The van der Waals surface area contributed by atoms with Crippen molar-refractivity contribution in [2.24, 2.45) is 0 Å². The molecule has 2 heterocycles. The molecule has 0 saturated carbocycles. The first kappa shape index (κ1) is 10.3. The molecule has 3 nitrogen and oxygen atoms in total. The molecule has 0 amide bonds. The fraction of sp³-hybridized carbons (Fsp3) is 0.667. The normalized spacial score (nSPS) is 17.7. The summed E-state index contributed by atoms with van der Waals surface area (Å²) in [6, 6.07) is 0. The molecule has 1 saturated heterocycles. The smallest absolute Gasteiger partial charge is 0.181 e. The molecule has 0 atom stereocenters. The zero-order valence-electron chi connectivity index (χ0n) is 8.11. The van der Waals surface area contributed by atoms with E-state index in [0.29, 0.717) is 5.13 Å². The molecule has 14 heavy (non-hydrogen) atoms. The Balaban J connectivity index is 1.67. The molecule has 0 unspecified atom stereocenters. The van der Waals surface area contributed by atoms with Gasteiger partial charge in [-0.2, -0.15) is 0 Å². The third-order valence-corrected chi connectivity index (χ3v) is 4.35. The Hall–Kier alpha value is -0.260. The van der Waals surface area contributed by atoms with E-state index in [0.717, 1.165) is 5.75 Å². The maximum Gasteiger partial charge on any atom is 0.181 e. The largest absolute Gasteiger partial charge is 0.375 e. The Labute approximate surface area is 92.7 Å². The zero-order valence-corrected chi connectivity index (χ0v) is 9.74. The van der Waals surface area contributed by atoms with Crippen LogP contribution in [0.25, 0.3) is 0 Å².